The average molecular weight is 475 g/mol. The summed E-state index contributed by atoms with van der Waals surface area (Å²) in [5.41, 5.74) is 0.649. The lowest BCUT2D eigenvalue weighted by molar-refractivity contribution is 0.176. The van der Waals surface area contributed by atoms with E-state index in [2.05, 4.69) is 15.6 Å². The van der Waals surface area contributed by atoms with Gasteiger partial charge in [-0.2, -0.15) is 0 Å². The molecule has 144 valence electrons. The van der Waals surface area contributed by atoms with Crippen LogP contribution < -0.4 is 20.1 Å². The molecular formula is C18H26IN3O4. The third-order valence-corrected chi connectivity index (χ3v) is 3.58. The van der Waals surface area contributed by atoms with E-state index in [4.69, 9.17) is 13.9 Å². The van der Waals surface area contributed by atoms with Crippen LogP contribution in [0.4, 0.5) is 0 Å². The van der Waals surface area contributed by atoms with Crippen LogP contribution >= 0.6 is 24.0 Å². The van der Waals surface area contributed by atoms with Gasteiger partial charge in [0, 0.05) is 18.7 Å². The van der Waals surface area contributed by atoms with Gasteiger partial charge in [-0.05, 0) is 37.3 Å². The molecule has 7 nitrogen and oxygen atoms in total. The van der Waals surface area contributed by atoms with Gasteiger partial charge in [0.2, 0.25) is 0 Å². The Labute approximate surface area is 170 Å². The standard InChI is InChI=1S/C18H25N3O4.HI/c1-4-19-18(20-11-14-6-5-9-25-14)21-12-16(22)15-10-13(23-2)7-8-17(15)24-3;/h5-10,16,22H,4,11-12H2,1-3H3,(H2,19,20,21);1H. The molecule has 0 fully saturated rings. The summed E-state index contributed by atoms with van der Waals surface area (Å²) in [4.78, 5) is 4.43. The molecule has 0 saturated carbocycles. The summed E-state index contributed by atoms with van der Waals surface area (Å²) in [6.07, 6.45) is 0.835. The number of ether oxygens (including phenoxy) is 2. The van der Waals surface area contributed by atoms with Crippen molar-refractivity contribution in [3.63, 3.8) is 0 Å². The van der Waals surface area contributed by atoms with Gasteiger partial charge in [-0.25, -0.2) is 4.99 Å². The second-order valence-corrected chi connectivity index (χ2v) is 5.28. The third-order valence-electron chi connectivity index (χ3n) is 3.58. The zero-order valence-electron chi connectivity index (χ0n) is 15.2. The molecule has 0 bridgehead atoms. The van der Waals surface area contributed by atoms with Crippen LogP contribution in [-0.2, 0) is 6.54 Å². The highest BCUT2D eigenvalue weighted by Crippen LogP contribution is 2.29. The van der Waals surface area contributed by atoms with E-state index in [1.165, 1.54) is 0 Å². The van der Waals surface area contributed by atoms with Crippen molar-refractivity contribution in [2.24, 2.45) is 4.99 Å². The number of aliphatic hydroxyl groups excluding tert-OH is 1. The van der Waals surface area contributed by atoms with Crippen molar-refractivity contribution >= 4 is 29.9 Å². The van der Waals surface area contributed by atoms with Crippen molar-refractivity contribution in [1.29, 1.82) is 0 Å². The summed E-state index contributed by atoms with van der Waals surface area (Å²) >= 11 is 0. The van der Waals surface area contributed by atoms with Crippen LogP contribution in [0.1, 0.15) is 24.4 Å². The summed E-state index contributed by atoms with van der Waals surface area (Å²) in [7, 11) is 3.15. The lowest BCUT2D eigenvalue weighted by Gasteiger charge is -2.18. The first-order chi connectivity index (χ1) is 12.2. The van der Waals surface area contributed by atoms with E-state index in [1.807, 2.05) is 19.1 Å². The highest BCUT2D eigenvalue weighted by Gasteiger charge is 2.15. The molecule has 1 atom stereocenters. The number of hydrogen-bond donors (Lipinski definition) is 3. The van der Waals surface area contributed by atoms with Crippen molar-refractivity contribution < 1.29 is 19.0 Å². The molecule has 3 N–H and O–H groups in total. The molecule has 26 heavy (non-hydrogen) atoms. The first-order valence-corrected chi connectivity index (χ1v) is 8.12. The Hall–Kier alpha value is -1.94. The van der Waals surface area contributed by atoms with Crippen molar-refractivity contribution in [3.05, 3.63) is 47.9 Å². The van der Waals surface area contributed by atoms with E-state index in [0.717, 1.165) is 5.76 Å². The second kappa shape index (κ2) is 11.6. The van der Waals surface area contributed by atoms with Gasteiger partial charge in [-0.3, -0.25) is 0 Å². The molecule has 2 aromatic rings. The first kappa shape index (κ1) is 22.1. The number of guanidine groups is 1. The number of hydrogen-bond acceptors (Lipinski definition) is 5. The number of methoxy groups -OCH3 is 2. The Morgan fingerprint density at radius 3 is 2.65 bits per heavy atom. The normalized spacial score (nSPS) is 12.1. The van der Waals surface area contributed by atoms with E-state index in [9.17, 15) is 5.11 Å². The van der Waals surface area contributed by atoms with Gasteiger partial charge in [-0.1, -0.05) is 0 Å². The smallest absolute Gasteiger partial charge is 0.191 e. The van der Waals surface area contributed by atoms with Crippen LogP contribution in [0.2, 0.25) is 0 Å². The van der Waals surface area contributed by atoms with Gasteiger partial charge in [0.05, 0.1) is 26.6 Å². The van der Waals surface area contributed by atoms with Crippen LogP contribution in [0, 0.1) is 0 Å². The fraction of sp³-hybridized carbons (Fsp3) is 0.389. The molecule has 0 aliphatic heterocycles. The summed E-state index contributed by atoms with van der Waals surface area (Å²) in [6, 6.07) is 9.01. The monoisotopic (exact) mass is 475 g/mol. The maximum absolute atomic E-state index is 10.5. The van der Waals surface area contributed by atoms with Gasteiger partial charge >= 0.3 is 0 Å². The van der Waals surface area contributed by atoms with Crippen LogP contribution in [0.15, 0.2) is 46.0 Å². The minimum atomic E-state index is -0.780. The number of aliphatic imine (C=N–C) groups is 1. The molecule has 0 spiro atoms. The van der Waals surface area contributed by atoms with Crippen LogP contribution in [0.25, 0.3) is 0 Å². The molecule has 0 aliphatic rings. The molecule has 1 heterocycles. The maximum atomic E-state index is 10.5. The van der Waals surface area contributed by atoms with Gasteiger partial charge in [0.1, 0.15) is 23.8 Å². The molecule has 8 heteroatoms. The number of benzene rings is 1. The third kappa shape index (κ3) is 6.41. The minimum Gasteiger partial charge on any atom is -0.497 e. The van der Waals surface area contributed by atoms with E-state index in [0.29, 0.717) is 36.1 Å². The van der Waals surface area contributed by atoms with E-state index < -0.39 is 6.10 Å². The van der Waals surface area contributed by atoms with Crippen molar-refractivity contribution in [3.8, 4) is 11.5 Å². The Balaban J connectivity index is 0.00000338. The number of nitrogens with zero attached hydrogens (tertiary/aromatic N) is 1. The molecule has 1 unspecified atom stereocenters. The number of furan rings is 1. The molecular weight excluding hydrogens is 449 g/mol. The van der Waals surface area contributed by atoms with Gasteiger partial charge < -0.3 is 29.6 Å². The quantitative estimate of drug-likeness (QED) is 0.309. The highest BCUT2D eigenvalue weighted by atomic mass is 127. The van der Waals surface area contributed by atoms with Gasteiger partial charge in [0.15, 0.2) is 5.96 Å². The lowest BCUT2D eigenvalue weighted by atomic mass is 10.1. The molecule has 1 aromatic heterocycles. The SMILES string of the molecule is CCNC(=NCc1ccco1)NCC(O)c1cc(OC)ccc1OC.I. The number of rotatable bonds is 8. The van der Waals surface area contributed by atoms with E-state index >= 15 is 0 Å². The largest absolute Gasteiger partial charge is 0.497 e. The molecule has 1 aromatic carbocycles. The minimum absolute atomic E-state index is 0. The number of aliphatic hydroxyl groups is 1. The summed E-state index contributed by atoms with van der Waals surface area (Å²) in [5, 5.41) is 16.8. The molecule has 2 rings (SSSR count). The number of nitrogens with one attached hydrogen (secondary N) is 2. The zero-order valence-corrected chi connectivity index (χ0v) is 17.5. The molecule has 0 saturated heterocycles. The fourth-order valence-electron chi connectivity index (χ4n) is 2.30. The Morgan fingerprint density at radius 1 is 1.23 bits per heavy atom. The Morgan fingerprint density at radius 2 is 2.04 bits per heavy atom. The average Bonchev–Trinajstić information content (AvgIpc) is 3.16. The highest BCUT2D eigenvalue weighted by molar-refractivity contribution is 14.0. The molecule has 0 radical (unpaired) electrons. The fourth-order valence-corrected chi connectivity index (χ4v) is 2.30. The zero-order chi connectivity index (χ0) is 18.1. The Kier molecular flexibility index (Phi) is 9.89. The molecule has 0 aliphatic carbocycles. The van der Waals surface area contributed by atoms with Crippen molar-refractivity contribution in [2.45, 2.75) is 19.6 Å². The van der Waals surface area contributed by atoms with E-state index in [1.54, 1.807) is 38.7 Å². The summed E-state index contributed by atoms with van der Waals surface area (Å²) in [5.74, 6) is 2.63. The predicted molar refractivity (Wildman–Crippen MR) is 111 cm³/mol. The number of halogens is 1. The van der Waals surface area contributed by atoms with Crippen LogP contribution in [-0.4, -0.2) is 38.4 Å². The lowest BCUT2D eigenvalue weighted by Crippen LogP contribution is -2.39. The predicted octanol–water partition coefficient (Wildman–Crippen LogP) is 2.70. The first-order valence-electron chi connectivity index (χ1n) is 8.12. The Bertz CT molecular complexity index is 677. The topological polar surface area (TPSA) is 88.3 Å². The summed E-state index contributed by atoms with van der Waals surface area (Å²) in [6.45, 7) is 3.38. The van der Waals surface area contributed by atoms with Crippen molar-refractivity contribution in [2.75, 3.05) is 27.3 Å². The second-order valence-electron chi connectivity index (χ2n) is 5.28. The van der Waals surface area contributed by atoms with Gasteiger partial charge in [0.25, 0.3) is 0 Å². The van der Waals surface area contributed by atoms with Crippen LogP contribution in [0.3, 0.4) is 0 Å². The van der Waals surface area contributed by atoms with Crippen LogP contribution in [0.5, 0.6) is 11.5 Å². The van der Waals surface area contributed by atoms with Gasteiger partial charge in [-0.15, -0.1) is 24.0 Å². The molecule has 0 amide bonds. The maximum Gasteiger partial charge on any atom is 0.191 e. The van der Waals surface area contributed by atoms with Crippen molar-refractivity contribution in [1.82, 2.24) is 10.6 Å². The summed E-state index contributed by atoms with van der Waals surface area (Å²) < 4.78 is 15.8. The van der Waals surface area contributed by atoms with E-state index in [-0.39, 0.29) is 30.5 Å².